The van der Waals surface area contributed by atoms with Gasteiger partial charge in [-0.25, -0.2) is 13.9 Å². The van der Waals surface area contributed by atoms with Crippen LogP contribution < -0.4 is 4.74 Å². The first-order chi connectivity index (χ1) is 16.0. The molecule has 4 rings (SSSR count). The number of nitrogens with zero attached hydrogens (tertiary/aromatic N) is 3. The molecule has 1 atom stereocenters. The summed E-state index contributed by atoms with van der Waals surface area (Å²) in [4.78, 5) is 15.4. The third-order valence-corrected chi connectivity index (χ3v) is 5.34. The van der Waals surface area contributed by atoms with Crippen LogP contribution in [0, 0.1) is 24.6 Å². The number of ether oxygens (including phenoxy) is 1. The zero-order valence-corrected chi connectivity index (χ0v) is 18.2. The van der Waals surface area contributed by atoms with Gasteiger partial charge in [0, 0.05) is 22.9 Å². The zero-order valence-electron chi connectivity index (χ0n) is 18.2. The van der Waals surface area contributed by atoms with Crippen molar-refractivity contribution in [3.63, 3.8) is 0 Å². The Kier molecular flexibility index (Phi) is 6.36. The maximum atomic E-state index is 14.6. The highest BCUT2D eigenvalue weighted by atomic mass is 19.1. The summed E-state index contributed by atoms with van der Waals surface area (Å²) in [5.41, 5.74) is 4.23. The van der Waals surface area contributed by atoms with Gasteiger partial charge in [0.2, 0.25) is 0 Å². The van der Waals surface area contributed by atoms with Crippen LogP contribution >= 0.6 is 0 Å². The topological polar surface area (TPSA) is 76.7 Å². The van der Waals surface area contributed by atoms with E-state index in [1.54, 1.807) is 35.8 Å². The number of aliphatic carboxylic acids is 1. The number of carboxylic acids is 1. The Balaban J connectivity index is 1.59. The number of benzene rings is 2. The Labute approximate surface area is 190 Å². The first-order valence-corrected chi connectivity index (χ1v) is 10.4. The largest absolute Gasteiger partial charge is 0.489 e. The molecule has 1 N–H and O–H groups in total. The van der Waals surface area contributed by atoms with Gasteiger partial charge in [0.1, 0.15) is 24.5 Å². The second-order valence-corrected chi connectivity index (χ2v) is 7.62. The van der Waals surface area contributed by atoms with E-state index in [9.17, 15) is 9.18 Å². The van der Waals surface area contributed by atoms with Crippen LogP contribution in [0.4, 0.5) is 4.39 Å². The molecule has 33 heavy (non-hydrogen) atoms. The van der Waals surface area contributed by atoms with Crippen molar-refractivity contribution >= 4 is 11.6 Å². The number of carbonyl (C=O) groups is 1. The molecule has 2 aromatic heterocycles. The number of pyridine rings is 1. The number of fused-ring (bicyclic) bond motifs is 1. The predicted molar refractivity (Wildman–Crippen MR) is 122 cm³/mol. The molecule has 0 radical (unpaired) electrons. The lowest BCUT2D eigenvalue weighted by molar-refractivity contribution is -0.137. The predicted octanol–water partition coefficient (Wildman–Crippen LogP) is 5.00. The molecule has 2 aromatic carbocycles. The summed E-state index contributed by atoms with van der Waals surface area (Å²) < 4.78 is 22.1. The van der Waals surface area contributed by atoms with Gasteiger partial charge in [0.05, 0.1) is 12.3 Å². The number of aryl methyl sites for hydroxylation is 1. The molecule has 6 nitrogen and oxygen atoms in total. The molecule has 0 aliphatic rings. The van der Waals surface area contributed by atoms with Crippen molar-refractivity contribution in [2.75, 3.05) is 0 Å². The first-order valence-electron chi connectivity index (χ1n) is 10.4. The third kappa shape index (κ3) is 4.85. The number of halogens is 1. The van der Waals surface area contributed by atoms with Gasteiger partial charge in [0.15, 0.2) is 5.65 Å². The molecular weight excluding hydrogens is 421 g/mol. The lowest BCUT2D eigenvalue weighted by atomic mass is 9.96. The molecule has 0 saturated carbocycles. The van der Waals surface area contributed by atoms with E-state index in [4.69, 9.17) is 9.84 Å². The van der Waals surface area contributed by atoms with E-state index in [1.165, 1.54) is 12.4 Å². The van der Waals surface area contributed by atoms with E-state index in [2.05, 4.69) is 21.9 Å². The second kappa shape index (κ2) is 9.53. The second-order valence-electron chi connectivity index (χ2n) is 7.62. The maximum absolute atomic E-state index is 14.6. The average Bonchev–Trinajstić information content (AvgIpc) is 3.26. The lowest BCUT2D eigenvalue weighted by Gasteiger charge is -2.13. The molecule has 0 amide bonds. The molecule has 0 unspecified atom stereocenters. The van der Waals surface area contributed by atoms with Crippen molar-refractivity contribution in [2.45, 2.75) is 32.8 Å². The van der Waals surface area contributed by atoms with Crippen molar-refractivity contribution in [1.29, 1.82) is 0 Å². The number of aromatic nitrogens is 3. The van der Waals surface area contributed by atoms with Crippen LogP contribution in [0.3, 0.4) is 0 Å². The normalized spacial score (nSPS) is 11.6. The highest BCUT2D eigenvalue weighted by Gasteiger charge is 2.15. The van der Waals surface area contributed by atoms with Gasteiger partial charge < -0.3 is 9.84 Å². The zero-order chi connectivity index (χ0) is 23.4. The molecular formula is C26H22FN3O3. The third-order valence-electron chi connectivity index (χ3n) is 5.34. The number of hydrogen-bond donors (Lipinski definition) is 1. The van der Waals surface area contributed by atoms with Crippen LogP contribution in [0.1, 0.15) is 36.0 Å². The standard InChI is InChI=1S/C26H22FN3O3/c1-3-5-19(13-24(31)32)18-8-10-22(11-9-18)33-15-21-12-20(14-30-26(21)28-16-29-30)25-17(2)6-4-7-23(25)27/h4,6-12,14,16,19H,13,15H2,1-2H3,(H,31,32)/t19-/m0/s1. The van der Waals surface area contributed by atoms with E-state index < -0.39 is 5.97 Å². The number of rotatable bonds is 7. The first kappa shape index (κ1) is 22.0. The van der Waals surface area contributed by atoms with Gasteiger partial charge in [-0.1, -0.05) is 30.2 Å². The molecule has 0 aliphatic heterocycles. The fraction of sp³-hybridized carbons (Fsp3) is 0.192. The molecule has 2 heterocycles. The molecule has 4 aromatic rings. The van der Waals surface area contributed by atoms with Crippen LogP contribution in [0.2, 0.25) is 0 Å². The smallest absolute Gasteiger partial charge is 0.304 e. The van der Waals surface area contributed by atoms with E-state index in [1.807, 2.05) is 31.2 Å². The molecule has 0 spiro atoms. The van der Waals surface area contributed by atoms with E-state index in [-0.39, 0.29) is 24.8 Å². The summed E-state index contributed by atoms with van der Waals surface area (Å²) in [6.45, 7) is 3.76. The Morgan fingerprint density at radius 3 is 2.73 bits per heavy atom. The minimum atomic E-state index is -0.898. The monoisotopic (exact) mass is 443 g/mol. The Hall–Kier alpha value is -4.18. The summed E-state index contributed by atoms with van der Waals surface area (Å²) >= 11 is 0. The minimum Gasteiger partial charge on any atom is -0.489 e. The van der Waals surface area contributed by atoms with E-state index >= 15 is 0 Å². The SMILES string of the molecule is CC#C[C@@H](CC(=O)O)c1ccc(OCc2cc(-c3c(C)cccc3F)cn3ncnc23)cc1. The number of carboxylic acid groups (broad SMARTS) is 1. The summed E-state index contributed by atoms with van der Waals surface area (Å²) in [6, 6.07) is 14.1. The Morgan fingerprint density at radius 1 is 1.24 bits per heavy atom. The summed E-state index contributed by atoms with van der Waals surface area (Å²) in [5.74, 6) is 4.76. The Bertz CT molecular complexity index is 1350. The fourth-order valence-electron chi connectivity index (χ4n) is 3.79. The quantitative estimate of drug-likeness (QED) is 0.407. The summed E-state index contributed by atoms with van der Waals surface area (Å²) in [5, 5.41) is 13.3. The van der Waals surface area contributed by atoms with E-state index in [0.29, 0.717) is 22.5 Å². The molecule has 0 aliphatic carbocycles. The van der Waals surface area contributed by atoms with Gasteiger partial charge in [-0.05, 0) is 49.2 Å². The van der Waals surface area contributed by atoms with Gasteiger partial charge in [-0.15, -0.1) is 5.92 Å². The van der Waals surface area contributed by atoms with Crippen LogP contribution in [-0.2, 0) is 11.4 Å². The lowest BCUT2D eigenvalue weighted by Crippen LogP contribution is -2.05. The van der Waals surface area contributed by atoms with Gasteiger partial charge in [0.25, 0.3) is 0 Å². The molecule has 166 valence electrons. The molecule has 0 saturated heterocycles. The summed E-state index contributed by atoms with van der Waals surface area (Å²) in [6.07, 6.45) is 3.14. The fourth-order valence-corrected chi connectivity index (χ4v) is 3.79. The van der Waals surface area contributed by atoms with Crippen molar-refractivity contribution < 1.29 is 19.0 Å². The molecule has 0 bridgehead atoms. The highest BCUT2D eigenvalue weighted by Crippen LogP contribution is 2.29. The maximum Gasteiger partial charge on any atom is 0.304 e. The van der Waals surface area contributed by atoms with Gasteiger partial charge in [-0.3, -0.25) is 4.79 Å². The Morgan fingerprint density at radius 2 is 2.03 bits per heavy atom. The van der Waals surface area contributed by atoms with Gasteiger partial charge in [-0.2, -0.15) is 5.10 Å². The van der Waals surface area contributed by atoms with Crippen LogP contribution in [0.25, 0.3) is 16.8 Å². The van der Waals surface area contributed by atoms with Crippen molar-refractivity contribution in [3.05, 3.63) is 83.6 Å². The minimum absolute atomic E-state index is 0.0613. The van der Waals surface area contributed by atoms with Crippen molar-refractivity contribution in [3.8, 4) is 28.7 Å². The van der Waals surface area contributed by atoms with Crippen LogP contribution in [0.5, 0.6) is 5.75 Å². The van der Waals surface area contributed by atoms with Crippen LogP contribution in [-0.4, -0.2) is 25.7 Å². The van der Waals surface area contributed by atoms with Crippen LogP contribution in [0.15, 0.2) is 61.1 Å². The highest BCUT2D eigenvalue weighted by molar-refractivity contribution is 5.70. The van der Waals surface area contributed by atoms with Crippen molar-refractivity contribution in [2.24, 2.45) is 0 Å². The molecule has 7 heteroatoms. The molecule has 0 fully saturated rings. The number of hydrogen-bond acceptors (Lipinski definition) is 4. The average molecular weight is 443 g/mol. The summed E-state index contributed by atoms with van der Waals surface area (Å²) in [7, 11) is 0. The van der Waals surface area contributed by atoms with Crippen molar-refractivity contribution in [1.82, 2.24) is 14.6 Å². The van der Waals surface area contributed by atoms with Gasteiger partial charge >= 0.3 is 5.97 Å². The van der Waals surface area contributed by atoms with E-state index in [0.717, 1.165) is 16.7 Å².